The highest BCUT2D eigenvalue weighted by molar-refractivity contribution is 5.77. The zero-order chi connectivity index (χ0) is 21.0. The summed E-state index contributed by atoms with van der Waals surface area (Å²) in [6.45, 7) is 5.46. The number of aromatic hydroxyl groups is 1. The normalized spacial score (nSPS) is 18.4. The van der Waals surface area contributed by atoms with E-state index in [0.29, 0.717) is 18.4 Å². The van der Waals surface area contributed by atoms with Gasteiger partial charge in [0.05, 0.1) is 12.0 Å². The minimum Gasteiger partial charge on any atom is -0.508 e. The average molecular weight is 397 g/mol. The summed E-state index contributed by atoms with van der Waals surface area (Å²) in [5.41, 5.74) is 1.66. The Morgan fingerprint density at radius 1 is 1.10 bits per heavy atom. The molecule has 0 radical (unpaired) electrons. The number of phenolic OH excluding ortho intramolecular Hbond substituents is 1. The van der Waals surface area contributed by atoms with Crippen molar-refractivity contribution in [2.75, 3.05) is 0 Å². The first-order valence-electron chi connectivity index (χ1n) is 9.75. The van der Waals surface area contributed by atoms with Gasteiger partial charge >= 0.3 is 12.1 Å². The van der Waals surface area contributed by atoms with E-state index in [1.807, 2.05) is 36.4 Å². The van der Waals surface area contributed by atoms with Crippen molar-refractivity contribution in [1.82, 2.24) is 5.32 Å². The lowest BCUT2D eigenvalue weighted by atomic mass is 9.79. The van der Waals surface area contributed by atoms with Crippen molar-refractivity contribution in [2.24, 2.45) is 5.92 Å². The van der Waals surface area contributed by atoms with Gasteiger partial charge in [0.1, 0.15) is 18.0 Å². The fraction of sp³-hybridized carbons (Fsp3) is 0.391. The topological polar surface area (TPSA) is 84.9 Å². The predicted octanol–water partition coefficient (Wildman–Crippen LogP) is 4.26. The lowest BCUT2D eigenvalue weighted by molar-refractivity contribution is -0.151. The Labute approximate surface area is 170 Å². The number of ether oxygens (including phenoxy) is 2. The first-order valence-corrected chi connectivity index (χ1v) is 9.75. The maximum atomic E-state index is 12.9. The summed E-state index contributed by atoms with van der Waals surface area (Å²) in [6, 6.07) is 13.9. The molecule has 1 amide bonds. The minimum absolute atomic E-state index is 0.0455. The number of phenols is 1. The van der Waals surface area contributed by atoms with Crippen molar-refractivity contribution in [3.63, 3.8) is 0 Å². The van der Waals surface area contributed by atoms with E-state index in [9.17, 15) is 14.7 Å². The molecule has 1 aliphatic carbocycles. The molecule has 0 saturated heterocycles. The number of amides is 1. The van der Waals surface area contributed by atoms with Crippen molar-refractivity contribution in [2.45, 2.75) is 51.9 Å². The molecule has 0 aromatic heterocycles. The minimum atomic E-state index is -0.724. The van der Waals surface area contributed by atoms with Crippen molar-refractivity contribution in [3.05, 3.63) is 65.2 Å². The van der Waals surface area contributed by atoms with Crippen LogP contribution in [0.3, 0.4) is 0 Å². The quantitative estimate of drug-likeness (QED) is 0.753. The van der Waals surface area contributed by atoms with Crippen LogP contribution in [0, 0.1) is 5.92 Å². The van der Waals surface area contributed by atoms with Crippen LogP contribution < -0.4 is 5.32 Å². The summed E-state index contributed by atoms with van der Waals surface area (Å²) in [4.78, 5) is 25.3. The molecular weight excluding hydrogens is 370 g/mol. The Bertz CT molecular complexity index is 873. The van der Waals surface area contributed by atoms with Crippen molar-refractivity contribution in [3.8, 4) is 5.75 Å². The van der Waals surface area contributed by atoms with Gasteiger partial charge in [-0.2, -0.15) is 0 Å². The molecule has 1 unspecified atom stereocenters. The Morgan fingerprint density at radius 2 is 1.83 bits per heavy atom. The molecule has 0 saturated carbocycles. The smallest absolute Gasteiger partial charge is 0.408 e. The maximum Gasteiger partial charge on any atom is 0.408 e. The van der Waals surface area contributed by atoms with E-state index >= 15 is 0 Å². The second kappa shape index (κ2) is 8.55. The fourth-order valence-electron chi connectivity index (χ4n) is 3.55. The van der Waals surface area contributed by atoms with Gasteiger partial charge in [0, 0.05) is 5.56 Å². The summed E-state index contributed by atoms with van der Waals surface area (Å²) in [7, 11) is 0. The van der Waals surface area contributed by atoms with Crippen molar-refractivity contribution < 1.29 is 24.2 Å². The number of hydrogen-bond acceptors (Lipinski definition) is 5. The second-order valence-electron chi connectivity index (χ2n) is 8.21. The van der Waals surface area contributed by atoms with Crippen LogP contribution in [0.5, 0.6) is 5.75 Å². The molecule has 0 fully saturated rings. The van der Waals surface area contributed by atoms with E-state index in [1.54, 1.807) is 32.9 Å². The number of aryl methyl sites for hydroxylation is 1. The largest absolute Gasteiger partial charge is 0.508 e. The molecule has 0 aliphatic heterocycles. The lowest BCUT2D eigenvalue weighted by Gasteiger charge is -2.33. The van der Waals surface area contributed by atoms with Crippen LogP contribution in [0.1, 0.15) is 49.9 Å². The molecule has 2 aromatic carbocycles. The third kappa shape index (κ3) is 5.28. The number of alkyl carbamates (subject to hydrolysis) is 1. The van der Waals surface area contributed by atoms with Crippen LogP contribution in [0.4, 0.5) is 4.79 Å². The summed E-state index contributed by atoms with van der Waals surface area (Å²) >= 11 is 0. The van der Waals surface area contributed by atoms with Crippen LogP contribution in [0.15, 0.2) is 48.5 Å². The van der Waals surface area contributed by atoms with Gasteiger partial charge in [-0.1, -0.05) is 42.5 Å². The number of fused-ring (bicyclic) bond motifs is 1. The van der Waals surface area contributed by atoms with Crippen LogP contribution in [-0.2, 0) is 27.3 Å². The lowest BCUT2D eigenvalue weighted by Crippen LogP contribution is -2.42. The maximum absolute atomic E-state index is 12.9. The Balaban J connectivity index is 1.81. The molecule has 2 atom stereocenters. The van der Waals surface area contributed by atoms with Crippen molar-refractivity contribution >= 4 is 12.1 Å². The molecule has 2 N–H and O–H groups in total. The molecule has 154 valence electrons. The molecule has 2 aromatic rings. The second-order valence-corrected chi connectivity index (χ2v) is 8.21. The predicted molar refractivity (Wildman–Crippen MR) is 108 cm³/mol. The van der Waals surface area contributed by atoms with Gasteiger partial charge in [0.2, 0.25) is 0 Å². The number of esters is 1. The van der Waals surface area contributed by atoms with E-state index in [2.05, 4.69) is 5.32 Å². The summed E-state index contributed by atoms with van der Waals surface area (Å²) in [6.07, 6.45) is 0.478. The van der Waals surface area contributed by atoms with Gasteiger partial charge < -0.3 is 19.9 Å². The molecule has 6 heteroatoms. The Kier molecular flexibility index (Phi) is 6.11. The molecule has 0 bridgehead atoms. The Morgan fingerprint density at radius 3 is 2.52 bits per heavy atom. The third-order valence-electron chi connectivity index (χ3n) is 4.81. The van der Waals surface area contributed by atoms with E-state index in [1.165, 1.54) is 0 Å². The van der Waals surface area contributed by atoms with E-state index in [-0.39, 0.29) is 12.4 Å². The van der Waals surface area contributed by atoms with Gasteiger partial charge in [0.25, 0.3) is 0 Å². The third-order valence-corrected chi connectivity index (χ3v) is 4.81. The zero-order valence-electron chi connectivity index (χ0n) is 17.0. The first kappa shape index (κ1) is 20.7. The van der Waals surface area contributed by atoms with Gasteiger partial charge in [-0.3, -0.25) is 4.79 Å². The van der Waals surface area contributed by atoms with Crippen LogP contribution >= 0.6 is 0 Å². The monoisotopic (exact) mass is 397 g/mol. The van der Waals surface area contributed by atoms with Gasteiger partial charge in [0.15, 0.2) is 0 Å². The molecule has 0 heterocycles. The summed E-state index contributed by atoms with van der Waals surface area (Å²) < 4.78 is 10.9. The number of hydrogen-bond donors (Lipinski definition) is 2. The Hall–Kier alpha value is -3.02. The first-order chi connectivity index (χ1) is 13.7. The van der Waals surface area contributed by atoms with Crippen LogP contribution in [0.2, 0.25) is 0 Å². The van der Waals surface area contributed by atoms with E-state index < -0.39 is 29.6 Å². The van der Waals surface area contributed by atoms with Gasteiger partial charge in [-0.25, -0.2) is 4.79 Å². The van der Waals surface area contributed by atoms with E-state index in [4.69, 9.17) is 9.47 Å². The van der Waals surface area contributed by atoms with E-state index in [0.717, 1.165) is 11.1 Å². The van der Waals surface area contributed by atoms with Crippen LogP contribution in [-0.4, -0.2) is 22.8 Å². The molecule has 1 aliphatic rings. The molecule has 3 rings (SSSR count). The van der Waals surface area contributed by atoms with Gasteiger partial charge in [-0.15, -0.1) is 0 Å². The zero-order valence-corrected chi connectivity index (χ0v) is 17.0. The number of nitrogens with one attached hydrogen (secondary N) is 1. The summed E-state index contributed by atoms with van der Waals surface area (Å²) in [5, 5.41) is 13.2. The SMILES string of the molecule is CC(C)(C)OC(=O)N[C@@H]1c2c(O)cccc2CCC1C(=O)OCc1ccccc1. The standard InChI is InChI=1S/C23H27NO5/c1-23(2,3)29-22(27)24-20-17(13-12-16-10-7-11-18(25)19(16)20)21(26)28-14-15-8-5-4-6-9-15/h4-11,17,20,25H,12-14H2,1-3H3,(H,24,27)/t17?,20-/m0/s1. The number of rotatable bonds is 4. The van der Waals surface area contributed by atoms with Crippen molar-refractivity contribution in [1.29, 1.82) is 0 Å². The molecular formula is C23H27NO5. The number of carbonyl (C=O) groups is 2. The molecule has 6 nitrogen and oxygen atoms in total. The number of benzene rings is 2. The summed E-state index contributed by atoms with van der Waals surface area (Å²) in [5.74, 6) is -0.986. The highest BCUT2D eigenvalue weighted by Gasteiger charge is 2.39. The molecule has 29 heavy (non-hydrogen) atoms. The highest BCUT2D eigenvalue weighted by Crippen LogP contribution is 2.40. The average Bonchev–Trinajstić information content (AvgIpc) is 2.65. The fourth-order valence-corrected chi connectivity index (χ4v) is 3.55. The highest BCUT2D eigenvalue weighted by atomic mass is 16.6. The van der Waals surface area contributed by atoms with Gasteiger partial charge in [-0.05, 0) is 50.8 Å². The molecule has 0 spiro atoms. The number of carbonyl (C=O) groups excluding carboxylic acids is 2. The van der Waals surface area contributed by atoms with Crippen LogP contribution in [0.25, 0.3) is 0 Å².